The molecule has 1 N–H and O–H groups in total. The maximum absolute atomic E-state index is 12.7. The fourth-order valence-electron chi connectivity index (χ4n) is 4.20. The van der Waals surface area contributed by atoms with Crippen LogP contribution in [0.5, 0.6) is 0 Å². The van der Waals surface area contributed by atoms with Crippen LogP contribution in [0.1, 0.15) is 63.0 Å². The molecule has 30 heavy (non-hydrogen) atoms. The van der Waals surface area contributed by atoms with Crippen molar-refractivity contribution in [1.29, 1.82) is 0 Å². The second kappa shape index (κ2) is 10.8. The van der Waals surface area contributed by atoms with Crippen molar-refractivity contribution in [2.75, 3.05) is 5.32 Å². The third-order valence-electron chi connectivity index (χ3n) is 5.94. The summed E-state index contributed by atoms with van der Waals surface area (Å²) in [5.41, 5.74) is 2.71. The van der Waals surface area contributed by atoms with Crippen molar-refractivity contribution in [1.82, 2.24) is 0 Å². The van der Waals surface area contributed by atoms with Crippen LogP contribution in [0.4, 0.5) is 5.69 Å². The monoisotopic (exact) mass is 427 g/mol. The molecule has 0 aliphatic heterocycles. The molecular formula is C25H33NO3S. The van der Waals surface area contributed by atoms with E-state index in [2.05, 4.69) is 24.4 Å². The number of benzene rings is 2. The Morgan fingerprint density at radius 2 is 1.70 bits per heavy atom. The van der Waals surface area contributed by atoms with Crippen molar-refractivity contribution in [2.45, 2.75) is 69.3 Å². The number of anilines is 1. The smallest absolute Gasteiger partial charge is 0.224 e. The molecule has 1 fully saturated rings. The Labute approximate surface area is 181 Å². The van der Waals surface area contributed by atoms with Crippen LogP contribution in [0.3, 0.4) is 0 Å². The van der Waals surface area contributed by atoms with Gasteiger partial charge in [-0.25, -0.2) is 8.42 Å². The first-order chi connectivity index (χ1) is 14.4. The first kappa shape index (κ1) is 22.5. The van der Waals surface area contributed by atoms with Gasteiger partial charge < -0.3 is 5.32 Å². The van der Waals surface area contributed by atoms with E-state index in [9.17, 15) is 13.2 Å². The van der Waals surface area contributed by atoms with Crippen LogP contribution in [-0.4, -0.2) is 19.6 Å². The molecule has 0 bridgehead atoms. The predicted octanol–water partition coefficient (Wildman–Crippen LogP) is 5.53. The van der Waals surface area contributed by atoms with E-state index in [1.807, 2.05) is 36.4 Å². The van der Waals surface area contributed by atoms with Crippen LogP contribution >= 0.6 is 0 Å². The molecule has 2 aromatic rings. The van der Waals surface area contributed by atoms with Gasteiger partial charge in [0.2, 0.25) is 5.91 Å². The number of sulfone groups is 1. The molecular weight excluding hydrogens is 394 g/mol. The van der Waals surface area contributed by atoms with E-state index in [0.717, 1.165) is 50.5 Å². The van der Waals surface area contributed by atoms with Crippen molar-refractivity contribution in [3.63, 3.8) is 0 Å². The SMILES string of the molecule is CC(CCc1ccccc1)CC(=O)Nc1cccc(CS(=O)(=O)C2CCCCC2)c1. The molecule has 5 heteroatoms. The second-order valence-corrected chi connectivity index (χ2v) is 10.9. The van der Waals surface area contributed by atoms with Crippen LogP contribution in [0.25, 0.3) is 0 Å². The average Bonchev–Trinajstić information content (AvgIpc) is 2.73. The molecule has 0 heterocycles. The standard InChI is InChI=1S/C25H33NO3S/c1-20(15-16-21-9-4-2-5-10-21)17-25(27)26-23-12-8-11-22(18-23)19-30(28,29)24-13-6-3-7-14-24/h2,4-5,8-12,18,20,24H,3,6-7,13-17,19H2,1H3,(H,26,27). The zero-order valence-electron chi connectivity index (χ0n) is 17.8. The molecule has 3 rings (SSSR count). The molecule has 0 spiro atoms. The van der Waals surface area contributed by atoms with Crippen molar-refractivity contribution < 1.29 is 13.2 Å². The lowest BCUT2D eigenvalue weighted by Crippen LogP contribution is -2.25. The van der Waals surface area contributed by atoms with Gasteiger partial charge in [0.25, 0.3) is 0 Å². The number of nitrogens with one attached hydrogen (secondary N) is 1. The third-order valence-corrected chi connectivity index (χ3v) is 8.16. The number of carbonyl (C=O) groups excluding carboxylic acids is 1. The summed E-state index contributed by atoms with van der Waals surface area (Å²) in [5.74, 6) is 0.303. The van der Waals surface area contributed by atoms with Gasteiger partial charge in [-0.3, -0.25) is 4.79 Å². The molecule has 1 unspecified atom stereocenters. The second-order valence-electron chi connectivity index (χ2n) is 8.65. The topological polar surface area (TPSA) is 63.2 Å². The van der Waals surface area contributed by atoms with E-state index in [0.29, 0.717) is 12.1 Å². The van der Waals surface area contributed by atoms with E-state index in [1.54, 1.807) is 6.07 Å². The number of hydrogen-bond donors (Lipinski definition) is 1. The molecule has 0 aromatic heterocycles. The molecule has 2 aromatic carbocycles. The highest BCUT2D eigenvalue weighted by Gasteiger charge is 2.27. The minimum atomic E-state index is -3.15. The van der Waals surface area contributed by atoms with Crippen molar-refractivity contribution in [3.8, 4) is 0 Å². The summed E-state index contributed by atoms with van der Waals surface area (Å²) in [6.07, 6.45) is 7.07. The molecule has 1 amide bonds. The van der Waals surface area contributed by atoms with E-state index < -0.39 is 9.84 Å². The van der Waals surface area contributed by atoms with E-state index in [-0.39, 0.29) is 22.8 Å². The van der Waals surface area contributed by atoms with Gasteiger partial charge in [0.1, 0.15) is 0 Å². The third kappa shape index (κ3) is 6.98. The predicted molar refractivity (Wildman–Crippen MR) is 123 cm³/mol. The normalized spacial score (nSPS) is 16.2. The number of aryl methyl sites for hydroxylation is 1. The molecule has 1 aliphatic carbocycles. The molecule has 162 valence electrons. The average molecular weight is 428 g/mol. The van der Waals surface area contributed by atoms with Crippen LogP contribution < -0.4 is 5.32 Å². The molecule has 0 saturated heterocycles. The van der Waals surface area contributed by atoms with Gasteiger partial charge >= 0.3 is 0 Å². The van der Waals surface area contributed by atoms with Gasteiger partial charge in [-0.05, 0) is 54.9 Å². The summed E-state index contributed by atoms with van der Waals surface area (Å²) >= 11 is 0. The van der Waals surface area contributed by atoms with Crippen molar-refractivity contribution >= 4 is 21.4 Å². The lowest BCUT2D eigenvalue weighted by atomic mass is 9.98. The van der Waals surface area contributed by atoms with Crippen LogP contribution in [0.15, 0.2) is 54.6 Å². The summed E-state index contributed by atoms with van der Waals surface area (Å²) in [6, 6.07) is 17.6. The van der Waals surface area contributed by atoms with Gasteiger partial charge in [-0.15, -0.1) is 0 Å². The van der Waals surface area contributed by atoms with Gasteiger partial charge in [0.05, 0.1) is 11.0 Å². The van der Waals surface area contributed by atoms with E-state index in [1.165, 1.54) is 5.56 Å². The fraction of sp³-hybridized carbons (Fsp3) is 0.480. The highest BCUT2D eigenvalue weighted by Crippen LogP contribution is 2.26. The number of amides is 1. The van der Waals surface area contributed by atoms with Crippen molar-refractivity contribution in [2.24, 2.45) is 5.92 Å². The number of hydrogen-bond acceptors (Lipinski definition) is 3. The first-order valence-electron chi connectivity index (χ1n) is 11.1. The van der Waals surface area contributed by atoms with E-state index >= 15 is 0 Å². The quantitative estimate of drug-likeness (QED) is 0.572. The van der Waals surface area contributed by atoms with E-state index in [4.69, 9.17) is 0 Å². The minimum absolute atomic E-state index is 0.0251. The lowest BCUT2D eigenvalue weighted by molar-refractivity contribution is -0.117. The zero-order valence-corrected chi connectivity index (χ0v) is 18.7. The Balaban J connectivity index is 1.51. The molecule has 1 saturated carbocycles. The van der Waals surface area contributed by atoms with Crippen LogP contribution in [0, 0.1) is 5.92 Å². The first-order valence-corrected chi connectivity index (χ1v) is 12.8. The van der Waals surface area contributed by atoms with Gasteiger partial charge in [0, 0.05) is 12.1 Å². The highest BCUT2D eigenvalue weighted by molar-refractivity contribution is 7.91. The summed E-state index contributed by atoms with van der Waals surface area (Å²) in [7, 11) is -3.15. The summed E-state index contributed by atoms with van der Waals surface area (Å²) < 4.78 is 25.5. The summed E-state index contributed by atoms with van der Waals surface area (Å²) in [6.45, 7) is 2.09. The van der Waals surface area contributed by atoms with Crippen LogP contribution in [0.2, 0.25) is 0 Å². The number of rotatable bonds is 9. The number of carbonyl (C=O) groups is 1. The van der Waals surface area contributed by atoms with Crippen molar-refractivity contribution in [3.05, 3.63) is 65.7 Å². The molecule has 1 aliphatic rings. The zero-order chi connectivity index (χ0) is 21.4. The highest BCUT2D eigenvalue weighted by atomic mass is 32.2. The Morgan fingerprint density at radius 1 is 1.00 bits per heavy atom. The van der Waals surface area contributed by atoms with Crippen LogP contribution in [-0.2, 0) is 26.8 Å². The largest absolute Gasteiger partial charge is 0.326 e. The maximum Gasteiger partial charge on any atom is 0.224 e. The van der Waals surface area contributed by atoms with Gasteiger partial charge in [-0.2, -0.15) is 0 Å². The molecule has 1 atom stereocenters. The Bertz CT molecular complexity index is 918. The lowest BCUT2D eigenvalue weighted by Gasteiger charge is -2.21. The Kier molecular flexibility index (Phi) is 8.08. The maximum atomic E-state index is 12.7. The van der Waals surface area contributed by atoms with Gasteiger partial charge in [0.15, 0.2) is 9.84 Å². The summed E-state index contributed by atoms with van der Waals surface area (Å²) in [5, 5.41) is 2.73. The fourth-order valence-corrected chi connectivity index (χ4v) is 6.13. The molecule has 0 radical (unpaired) electrons. The molecule has 4 nitrogen and oxygen atoms in total. The Morgan fingerprint density at radius 3 is 2.43 bits per heavy atom. The minimum Gasteiger partial charge on any atom is -0.326 e. The summed E-state index contributed by atoms with van der Waals surface area (Å²) in [4.78, 5) is 12.4. The Hall–Kier alpha value is -2.14. The van der Waals surface area contributed by atoms with Gasteiger partial charge in [-0.1, -0.05) is 68.7 Å².